The van der Waals surface area contributed by atoms with Gasteiger partial charge in [0.2, 0.25) is 0 Å². The van der Waals surface area contributed by atoms with E-state index in [2.05, 4.69) is 31.2 Å². The summed E-state index contributed by atoms with van der Waals surface area (Å²) in [6.45, 7) is 8.31. The summed E-state index contributed by atoms with van der Waals surface area (Å²) >= 11 is 0. The summed E-state index contributed by atoms with van der Waals surface area (Å²) < 4.78 is 11.3. The first-order valence-corrected chi connectivity index (χ1v) is 14.2. The molecule has 6 nitrogen and oxygen atoms in total. The van der Waals surface area contributed by atoms with Gasteiger partial charge in [0, 0.05) is 12.8 Å². The molecule has 1 heterocycles. The van der Waals surface area contributed by atoms with E-state index in [4.69, 9.17) is 14.5 Å². The van der Waals surface area contributed by atoms with Gasteiger partial charge < -0.3 is 9.47 Å². The number of ether oxygens (including phenoxy) is 2. The van der Waals surface area contributed by atoms with Crippen molar-refractivity contribution >= 4 is 17.7 Å². The van der Waals surface area contributed by atoms with Crippen LogP contribution in [0.5, 0.6) is 5.75 Å². The van der Waals surface area contributed by atoms with Crippen LogP contribution in [0.4, 0.5) is 0 Å². The highest BCUT2D eigenvalue weighted by Crippen LogP contribution is 2.38. The predicted molar refractivity (Wildman–Crippen MR) is 150 cm³/mol. The van der Waals surface area contributed by atoms with E-state index in [1.165, 1.54) is 6.42 Å². The molecule has 38 heavy (non-hydrogen) atoms. The highest BCUT2D eigenvalue weighted by Gasteiger charge is 2.48. The minimum atomic E-state index is -1.08. The van der Waals surface area contributed by atoms with Crippen LogP contribution < -0.4 is 4.74 Å². The molecule has 0 N–H and O–H groups in total. The molecule has 4 rings (SSSR count). The van der Waals surface area contributed by atoms with Gasteiger partial charge in [0.1, 0.15) is 17.1 Å². The van der Waals surface area contributed by atoms with Gasteiger partial charge in [0.25, 0.3) is 5.91 Å². The molecule has 2 aliphatic rings. The zero-order chi connectivity index (χ0) is 27.2. The lowest BCUT2D eigenvalue weighted by Gasteiger charge is -2.29. The van der Waals surface area contributed by atoms with E-state index in [-0.39, 0.29) is 11.9 Å². The van der Waals surface area contributed by atoms with Crippen molar-refractivity contribution in [3.63, 3.8) is 0 Å². The molecule has 6 heteroatoms. The summed E-state index contributed by atoms with van der Waals surface area (Å²) in [5.41, 5.74) is 1.65. The number of hydrogen-bond acceptors (Lipinski definition) is 5. The summed E-state index contributed by atoms with van der Waals surface area (Å²) in [6, 6.07) is 16.2. The van der Waals surface area contributed by atoms with Gasteiger partial charge in [-0.05, 0) is 62.8 Å². The number of benzene rings is 2. The number of amides is 1. The summed E-state index contributed by atoms with van der Waals surface area (Å²) in [6.07, 6.45) is 8.80. The Labute approximate surface area is 227 Å². The fourth-order valence-corrected chi connectivity index (χ4v) is 5.41. The number of unbranched alkanes of at least 4 members (excludes halogenated alkanes) is 1. The number of rotatable bonds is 11. The van der Waals surface area contributed by atoms with Crippen LogP contribution in [-0.2, 0) is 27.3 Å². The molecule has 0 radical (unpaired) electrons. The molecule has 0 bridgehead atoms. The number of hydrogen-bond donors (Lipinski definition) is 0. The lowest BCUT2D eigenvalue weighted by atomic mass is 9.82. The zero-order valence-corrected chi connectivity index (χ0v) is 23.4. The molecule has 1 amide bonds. The number of para-hydroxylation sites is 1. The largest absolute Gasteiger partial charge is 0.476 e. The molecule has 204 valence electrons. The Bertz CT molecular complexity index is 1150. The number of aliphatic imine (C=N–C) groups is 1. The third kappa shape index (κ3) is 6.28. The highest BCUT2D eigenvalue weighted by molar-refractivity contribution is 6.08. The normalized spacial score (nSPS) is 17.0. The monoisotopic (exact) mass is 518 g/mol. The van der Waals surface area contributed by atoms with Gasteiger partial charge >= 0.3 is 5.97 Å². The molecular formula is C32H42N2O4. The van der Waals surface area contributed by atoms with Crippen molar-refractivity contribution in [2.75, 3.05) is 6.61 Å². The molecule has 1 aliphatic heterocycles. The van der Waals surface area contributed by atoms with Crippen LogP contribution in [0.2, 0.25) is 0 Å². The molecule has 1 spiro atoms. The number of esters is 1. The maximum Gasteiger partial charge on any atom is 0.349 e. The van der Waals surface area contributed by atoms with E-state index in [9.17, 15) is 9.59 Å². The maximum atomic E-state index is 13.6. The molecule has 0 unspecified atom stereocenters. The lowest BCUT2D eigenvalue weighted by Crippen LogP contribution is -2.43. The second kappa shape index (κ2) is 12.1. The summed E-state index contributed by atoms with van der Waals surface area (Å²) in [7, 11) is 0. The average molecular weight is 519 g/mol. The van der Waals surface area contributed by atoms with Crippen molar-refractivity contribution in [2.45, 2.75) is 103 Å². The quantitative estimate of drug-likeness (QED) is 0.313. The second-order valence-electron chi connectivity index (χ2n) is 11.0. The Balaban J connectivity index is 1.46. The third-order valence-electron chi connectivity index (χ3n) is 7.60. The fourth-order valence-electron chi connectivity index (χ4n) is 5.41. The molecule has 2 aromatic carbocycles. The van der Waals surface area contributed by atoms with Gasteiger partial charge in [0.05, 0.1) is 13.2 Å². The number of carbonyl (C=O) groups is 2. The van der Waals surface area contributed by atoms with Crippen LogP contribution in [0.1, 0.15) is 95.8 Å². The lowest BCUT2D eigenvalue weighted by molar-refractivity contribution is -0.158. The van der Waals surface area contributed by atoms with Gasteiger partial charge in [-0.15, -0.1) is 0 Å². The molecule has 1 fully saturated rings. The number of nitrogens with zero attached hydrogens (tertiary/aromatic N) is 2. The van der Waals surface area contributed by atoms with Crippen LogP contribution in [0.3, 0.4) is 0 Å². The van der Waals surface area contributed by atoms with Gasteiger partial charge in [0.15, 0.2) is 5.60 Å². The molecular weight excluding hydrogens is 476 g/mol. The van der Waals surface area contributed by atoms with Crippen molar-refractivity contribution < 1.29 is 19.1 Å². The van der Waals surface area contributed by atoms with Crippen LogP contribution in [0.25, 0.3) is 0 Å². The fraction of sp³-hybridized carbons (Fsp3) is 0.531. The van der Waals surface area contributed by atoms with Crippen molar-refractivity contribution in [3.05, 3.63) is 65.2 Å². The summed E-state index contributed by atoms with van der Waals surface area (Å²) in [5.74, 6) is 1.46. The first kappa shape index (κ1) is 27.9. The number of amidine groups is 1. The second-order valence-corrected chi connectivity index (χ2v) is 11.0. The predicted octanol–water partition coefficient (Wildman–Crippen LogP) is 6.63. The molecule has 0 atom stereocenters. The van der Waals surface area contributed by atoms with Crippen molar-refractivity contribution in [1.29, 1.82) is 0 Å². The van der Waals surface area contributed by atoms with Crippen LogP contribution in [0, 0.1) is 0 Å². The summed E-state index contributed by atoms with van der Waals surface area (Å²) in [4.78, 5) is 32.9. The minimum Gasteiger partial charge on any atom is -0.476 e. The van der Waals surface area contributed by atoms with Crippen molar-refractivity contribution in [2.24, 2.45) is 4.99 Å². The SMILES string of the molecule is CCCCC1=NC2(CCCCC2)C(=O)N1Cc1ccc(Cc2ccccc2OC(C)(C)C(=O)OCC)cc1. The van der Waals surface area contributed by atoms with Crippen molar-refractivity contribution in [1.82, 2.24) is 4.90 Å². The Kier molecular flexibility index (Phi) is 8.91. The third-order valence-corrected chi connectivity index (χ3v) is 7.60. The van der Waals surface area contributed by atoms with Crippen LogP contribution in [-0.4, -0.2) is 40.4 Å². The molecule has 0 saturated heterocycles. The van der Waals surface area contributed by atoms with E-state index >= 15 is 0 Å². The van der Waals surface area contributed by atoms with Gasteiger partial charge in [-0.1, -0.05) is 75.1 Å². The van der Waals surface area contributed by atoms with E-state index in [1.807, 2.05) is 29.2 Å². The minimum absolute atomic E-state index is 0.197. The molecule has 2 aromatic rings. The smallest absolute Gasteiger partial charge is 0.349 e. The Morgan fingerprint density at radius 2 is 1.68 bits per heavy atom. The topological polar surface area (TPSA) is 68.2 Å². The highest BCUT2D eigenvalue weighted by atomic mass is 16.6. The Hall–Kier alpha value is -3.15. The molecule has 0 aromatic heterocycles. The first-order chi connectivity index (χ1) is 18.3. The molecule has 1 aliphatic carbocycles. The number of carbonyl (C=O) groups excluding carboxylic acids is 2. The van der Waals surface area contributed by atoms with E-state index in [1.54, 1.807) is 20.8 Å². The average Bonchev–Trinajstić information content (AvgIpc) is 3.15. The summed E-state index contributed by atoms with van der Waals surface area (Å²) in [5, 5.41) is 0. The van der Waals surface area contributed by atoms with Crippen LogP contribution >= 0.6 is 0 Å². The molecule has 1 saturated carbocycles. The standard InChI is InChI=1S/C32H42N2O4/c1-5-7-15-28-33-32(20-11-8-12-21-32)29(35)34(28)23-25-18-16-24(17-19-25)22-26-13-9-10-14-27(26)38-31(3,4)30(36)37-6-2/h9-10,13-14,16-19H,5-8,11-12,15,20-23H2,1-4H3. The van der Waals surface area contributed by atoms with E-state index in [0.717, 1.165) is 67.5 Å². The van der Waals surface area contributed by atoms with E-state index < -0.39 is 11.1 Å². The van der Waals surface area contributed by atoms with Gasteiger partial charge in [-0.3, -0.25) is 14.7 Å². The Morgan fingerprint density at radius 1 is 1.00 bits per heavy atom. The van der Waals surface area contributed by atoms with E-state index in [0.29, 0.717) is 25.3 Å². The maximum absolute atomic E-state index is 13.6. The first-order valence-electron chi connectivity index (χ1n) is 14.2. The Morgan fingerprint density at radius 3 is 2.37 bits per heavy atom. The van der Waals surface area contributed by atoms with Crippen LogP contribution in [0.15, 0.2) is 53.5 Å². The van der Waals surface area contributed by atoms with Gasteiger partial charge in [-0.25, -0.2) is 4.79 Å². The van der Waals surface area contributed by atoms with Crippen molar-refractivity contribution in [3.8, 4) is 5.75 Å². The zero-order valence-electron chi connectivity index (χ0n) is 23.4. The van der Waals surface area contributed by atoms with Gasteiger partial charge in [-0.2, -0.15) is 0 Å².